The van der Waals surface area contributed by atoms with Gasteiger partial charge in [-0.15, -0.1) is 11.3 Å². The molecular weight excluding hydrogens is 354 g/mol. The molecule has 2 aromatic heterocycles. The van der Waals surface area contributed by atoms with Crippen molar-refractivity contribution >= 4 is 33.3 Å². The molecule has 1 saturated carbocycles. The zero-order valence-electron chi connectivity index (χ0n) is 14.6. The Hall–Kier alpha value is -3.05. The summed E-state index contributed by atoms with van der Waals surface area (Å²) in [6, 6.07) is 21.9. The second kappa shape index (κ2) is 6.28. The van der Waals surface area contributed by atoms with E-state index in [1.807, 2.05) is 60.7 Å². The molecule has 4 aromatic rings. The molecule has 0 spiro atoms. The van der Waals surface area contributed by atoms with Gasteiger partial charge in [-0.05, 0) is 42.7 Å². The fourth-order valence-corrected chi connectivity index (χ4v) is 4.31. The Kier molecular flexibility index (Phi) is 3.76. The first-order valence-electron chi connectivity index (χ1n) is 8.94. The summed E-state index contributed by atoms with van der Waals surface area (Å²) >= 11 is 1.64. The first-order chi connectivity index (χ1) is 13.2. The number of thiazole rings is 1. The molecule has 0 bridgehead atoms. The van der Waals surface area contributed by atoms with Crippen LogP contribution in [0.2, 0.25) is 0 Å². The second-order valence-electron chi connectivity index (χ2n) is 6.82. The molecule has 0 aliphatic heterocycles. The topological polar surface area (TPSA) is 54.9 Å². The van der Waals surface area contributed by atoms with Gasteiger partial charge < -0.3 is 5.32 Å². The molecule has 27 heavy (non-hydrogen) atoms. The van der Waals surface area contributed by atoms with Crippen molar-refractivity contribution in [2.75, 3.05) is 5.32 Å². The van der Waals surface area contributed by atoms with E-state index in [9.17, 15) is 4.79 Å². The average Bonchev–Trinajstić information content (AvgIpc) is 3.42. The summed E-state index contributed by atoms with van der Waals surface area (Å²) in [7, 11) is 0. The number of benzene rings is 2. The number of carbonyl (C=O) groups excluding carboxylic acids is 1. The van der Waals surface area contributed by atoms with Crippen molar-refractivity contribution in [1.82, 2.24) is 9.97 Å². The zero-order chi connectivity index (χ0) is 18.3. The summed E-state index contributed by atoms with van der Waals surface area (Å²) in [6.07, 6.45) is 3.54. The predicted molar refractivity (Wildman–Crippen MR) is 109 cm³/mol. The largest absolute Gasteiger partial charge is 0.310 e. The Balaban J connectivity index is 1.36. The van der Waals surface area contributed by atoms with Crippen LogP contribution >= 0.6 is 11.3 Å². The smallest absolute Gasteiger partial charge is 0.236 e. The number of hydrogen-bond acceptors (Lipinski definition) is 4. The lowest BCUT2D eigenvalue weighted by atomic mass is 9.95. The summed E-state index contributed by atoms with van der Waals surface area (Å²) in [5.74, 6) is 0.598. The molecular formula is C22H17N3OS. The molecule has 5 rings (SSSR count). The minimum absolute atomic E-state index is 0.0222. The Bertz CT molecular complexity index is 1080. The maximum absolute atomic E-state index is 12.8. The van der Waals surface area contributed by atoms with E-state index < -0.39 is 5.41 Å². The summed E-state index contributed by atoms with van der Waals surface area (Å²) in [4.78, 5) is 21.9. The monoisotopic (exact) mass is 371 g/mol. The number of carbonyl (C=O) groups is 1. The lowest BCUT2D eigenvalue weighted by molar-refractivity contribution is -0.118. The highest BCUT2D eigenvalue weighted by Crippen LogP contribution is 2.48. The molecule has 1 aliphatic carbocycles. The second-order valence-corrected chi connectivity index (χ2v) is 7.85. The van der Waals surface area contributed by atoms with Crippen LogP contribution in [0.5, 0.6) is 0 Å². The number of anilines is 1. The zero-order valence-corrected chi connectivity index (χ0v) is 15.4. The maximum Gasteiger partial charge on any atom is 0.236 e. The van der Waals surface area contributed by atoms with Gasteiger partial charge in [-0.3, -0.25) is 4.79 Å². The molecule has 0 saturated heterocycles. The Labute approximate surface area is 160 Å². The highest BCUT2D eigenvalue weighted by atomic mass is 32.1. The van der Waals surface area contributed by atoms with Gasteiger partial charge in [0.2, 0.25) is 5.91 Å². The van der Waals surface area contributed by atoms with E-state index in [1.165, 1.54) is 0 Å². The number of rotatable bonds is 4. The highest BCUT2D eigenvalue weighted by Gasteiger charge is 2.51. The van der Waals surface area contributed by atoms with Crippen LogP contribution in [0.4, 0.5) is 5.82 Å². The number of nitrogens with zero attached hydrogens (tertiary/aromatic N) is 2. The maximum atomic E-state index is 12.8. The predicted octanol–water partition coefficient (Wildman–Crippen LogP) is 5.03. The molecule has 132 valence electrons. The van der Waals surface area contributed by atoms with Crippen LogP contribution in [0, 0.1) is 0 Å². The van der Waals surface area contributed by atoms with Gasteiger partial charge in [0.25, 0.3) is 0 Å². The van der Waals surface area contributed by atoms with Crippen molar-refractivity contribution in [2.45, 2.75) is 18.3 Å². The Morgan fingerprint density at radius 3 is 2.44 bits per heavy atom. The number of pyridine rings is 1. The molecule has 0 atom stereocenters. The molecule has 4 nitrogen and oxygen atoms in total. The minimum Gasteiger partial charge on any atom is -0.310 e. The third-order valence-electron chi connectivity index (χ3n) is 5.06. The summed E-state index contributed by atoms with van der Waals surface area (Å²) in [5.41, 5.74) is 2.63. The van der Waals surface area contributed by atoms with Crippen LogP contribution in [0.25, 0.3) is 20.8 Å². The Morgan fingerprint density at radius 2 is 1.74 bits per heavy atom. The van der Waals surface area contributed by atoms with E-state index in [0.29, 0.717) is 5.82 Å². The minimum atomic E-state index is -0.394. The van der Waals surface area contributed by atoms with Gasteiger partial charge in [-0.25, -0.2) is 9.97 Å². The molecule has 1 N–H and O–H groups in total. The molecule has 1 aliphatic rings. The van der Waals surface area contributed by atoms with Crippen LogP contribution in [-0.4, -0.2) is 15.9 Å². The van der Waals surface area contributed by atoms with Crippen molar-refractivity contribution in [3.8, 4) is 10.6 Å². The van der Waals surface area contributed by atoms with Crippen LogP contribution in [-0.2, 0) is 10.2 Å². The van der Waals surface area contributed by atoms with Crippen LogP contribution in [0.15, 0.2) is 72.9 Å². The molecule has 1 amide bonds. The molecule has 1 fully saturated rings. The number of aromatic nitrogens is 2. The van der Waals surface area contributed by atoms with Crippen LogP contribution in [0.3, 0.4) is 0 Å². The standard InChI is InChI=1S/C22H17N3OS/c26-21(22(12-13-22)16-6-2-1-3-7-16)25-19-11-10-15(14-23-19)20-24-17-8-4-5-9-18(17)27-20/h1-11,14H,12-13H2,(H,23,25,26). The van der Waals surface area contributed by atoms with E-state index in [4.69, 9.17) is 0 Å². The molecule has 2 aromatic carbocycles. The number of hydrogen-bond donors (Lipinski definition) is 1. The van der Waals surface area contributed by atoms with Gasteiger partial charge in [0, 0.05) is 11.8 Å². The van der Waals surface area contributed by atoms with Crippen molar-refractivity contribution in [3.05, 3.63) is 78.5 Å². The fourth-order valence-electron chi connectivity index (χ4n) is 3.35. The SMILES string of the molecule is O=C(Nc1ccc(-c2nc3ccccc3s2)cn1)C1(c2ccccc2)CC1. The van der Waals surface area contributed by atoms with Crippen LogP contribution < -0.4 is 5.32 Å². The van der Waals surface area contributed by atoms with Crippen molar-refractivity contribution in [2.24, 2.45) is 0 Å². The number of amides is 1. The lowest BCUT2D eigenvalue weighted by Gasteiger charge is -2.15. The number of fused-ring (bicyclic) bond motifs is 1. The van der Waals surface area contributed by atoms with Crippen LogP contribution in [0.1, 0.15) is 18.4 Å². The summed E-state index contributed by atoms with van der Waals surface area (Å²) < 4.78 is 1.16. The molecule has 0 radical (unpaired) electrons. The van der Waals surface area contributed by atoms with Crippen molar-refractivity contribution in [1.29, 1.82) is 0 Å². The van der Waals surface area contributed by atoms with Crippen molar-refractivity contribution in [3.63, 3.8) is 0 Å². The fraction of sp³-hybridized carbons (Fsp3) is 0.136. The van der Waals surface area contributed by atoms with Gasteiger partial charge in [0.15, 0.2) is 0 Å². The number of para-hydroxylation sites is 1. The highest BCUT2D eigenvalue weighted by molar-refractivity contribution is 7.21. The average molecular weight is 371 g/mol. The third kappa shape index (κ3) is 2.90. The lowest BCUT2D eigenvalue weighted by Crippen LogP contribution is -2.28. The first kappa shape index (κ1) is 16.1. The third-order valence-corrected chi connectivity index (χ3v) is 6.14. The summed E-state index contributed by atoms with van der Waals surface area (Å²) in [6.45, 7) is 0. The van der Waals surface area contributed by atoms with Crippen molar-refractivity contribution < 1.29 is 4.79 Å². The normalized spacial score (nSPS) is 14.8. The molecule has 0 unspecified atom stereocenters. The van der Waals surface area contributed by atoms with E-state index in [0.717, 1.165) is 39.2 Å². The number of nitrogens with one attached hydrogen (secondary N) is 1. The molecule has 5 heteroatoms. The first-order valence-corrected chi connectivity index (χ1v) is 9.75. The van der Waals surface area contributed by atoms with E-state index in [1.54, 1.807) is 17.5 Å². The Morgan fingerprint density at radius 1 is 0.963 bits per heavy atom. The van der Waals surface area contributed by atoms with E-state index in [-0.39, 0.29) is 5.91 Å². The van der Waals surface area contributed by atoms with Gasteiger partial charge in [0.1, 0.15) is 10.8 Å². The van der Waals surface area contributed by atoms with E-state index in [2.05, 4.69) is 21.4 Å². The van der Waals surface area contributed by atoms with Gasteiger partial charge >= 0.3 is 0 Å². The molecule has 2 heterocycles. The van der Waals surface area contributed by atoms with Gasteiger partial charge in [-0.1, -0.05) is 42.5 Å². The van der Waals surface area contributed by atoms with E-state index >= 15 is 0 Å². The van der Waals surface area contributed by atoms with Gasteiger partial charge in [0.05, 0.1) is 15.6 Å². The quantitative estimate of drug-likeness (QED) is 0.547. The van der Waals surface area contributed by atoms with Gasteiger partial charge in [-0.2, -0.15) is 0 Å². The summed E-state index contributed by atoms with van der Waals surface area (Å²) in [5, 5.41) is 3.92.